The number of para-hydroxylation sites is 1. The van der Waals surface area contributed by atoms with Crippen LogP contribution < -0.4 is 4.74 Å². The van der Waals surface area contributed by atoms with Gasteiger partial charge in [-0.25, -0.2) is 4.79 Å². The van der Waals surface area contributed by atoms with E-state index in [2.05, 4.69) is 0 Å². The minimum atomic E-state index is -1.09. The summed E-state index contributed by atoms with van der Waals surface area (Å²) in [5, 5.41) is 0. The maximum Gasteiger partial charge on any atom is 0.353 e. The molecule has 2 aromatic carbocycles. The molecule has 1 aliphatic rings. The summed E-state index contributed by atoms with van der Waals surface area (Å²) in [5.74, 6) is 0.355. The molecule has 1 unspecified atom stereocenters. The first-order valence-corrected chi connectivity index (χ1v) is 7.79. The largest absolute Gasteiger partial charge is 0.472 e. The Morgan fingerprint density at radius 2 is 1.87 bits per heavy atom. The highest BCUT2D eigenvalue weighted by molar-refractivity contribution is 5.82. The first kappa shape index (κ1) is 15.6. The van der Waals surface area contributed by atoms with Gasteiger partial charge in [0.1, 0.15) is 5.75 Å². The van der Waals surface area contributed by atoms with Crippen LogP contribution in [0.5, 0.6) is 5.75 Å². The summed E-state index contributed by atoms with van der Waals surface area (Å²) in [6.07, 6.45) is 0.469. The smallest absolute Gasteiger partial charge is 0.353 e. The predicted octanol–water partition coefficient (Wildman–Crippen LogP) is 3.14. The molecule has 0 radical (unpaired) electrons. The molecule has 120 valence electrons. The Kier molecular flexibility index (Phi) is 4.63. The van der Waals surface area contributed by atoms with E-state index >= 15 is 0 Å². The number of carbonyl (C=O) groups is 1. The van der Waals surface area contributed by atoms with Gasteiger partial charge in [-0.3, -0.25) is 0 Å². The molecule has 4 nitrogen and oxygen atoms in total. The van der Waals surface area contributed by atoms with Gasteiger partial charge in [-0.15, -0.1) is 0 Å². The quantitative estimate of drug-likeness (QED) is 0.769. The van der Waals surface area contributed by atoms with Crippen molar-refractivity contribution in [1.82, 2.24) is 0 Å². The van der Waals surface area contributed by atoms with E-state index in [9.17, 15) is 4.79 Å². The van der Waals surface area contributed by atoms with Crippen LogP contribution in [0.4, 0.5) is 0 Å². The lowest BCUT2D eigenvalue weighted by atomic mass is 9.98. The Morgan fingerprint density at radius 3 is 2.61 bits per heavy atom. The zero-order valence-electron chi connectivity index (χ0n) is 13.2. The summed E-state index contributed by atoms with van der Waals surface area (Å²) < 4.78 is 16.9. The zero-order chi connectivity index (χ0) is 16.1. The molecule has 0 saturated heterocycles. The van der Waals surface area contributed by atoms with Crippen molar-refractivity contribution in [2.45, 2.75) is 25.6 Å². The van der Waals surface area contributed by atoms with E-state index < -0.39 is 5.60 Å². The van der Waals surface area contributed by atoms with Crippen molar-refractivity contribution in [3.05, 3.63) is 65.7 Å². The molecule has 0 N–H and O–H groups in total. The van der Waals surface area contributed by atoms with Crippen molar-refractivity contribution in [1.29, 1.82) is 0 Å². The molecule has 0 aliphatic carbocycles. The SMILES string of the molecule is CCOC(=O)C1(COCc2ccccc2)Cc2ccccc2O1. The number of hydrogen-bond donors (Lipinski definition) is 0. The molecular weight excluding hydrogens is 292 g/mol. The van der Waals surface area contributed by atoms with E-state index in [1.165, 1.54) is 0 Å². The fourth-order valence-electron chi connectivity index (χ4n) is 2.73. The van der Waals surface area contributed by atoms with Gasteiger partial charge in [-0.1, -0.05) is 48.5 Å². The average Bonchev–Trinajstić information content (AvgIpc) is 2.96. The van der Waals surface area contributed by atoms with Gasteiger partial charge in [-0.2, -0.15) is 0 Å². The lowest BCUT2D eigenvalue weighted by molar-refractivity contribution is -0.166. The summed E-state index contributed by atoms with van der Waals surface area (Å²) in [4.78, 5) is 12.5. The Hall–Kier alpha value is -2.33. The normalized spacial score (nSPS) is 19.0. The number of fused-ring (bicyclic) bond motifs is 1. The minimum Gasteiger partial charge on any atom is -0.472 e. The van der Waals surface area contributed by atoms with Crippen molar-refractivity contribution in [2.24, 2.45) is 0 Å². The van der Waals surface area contributed by atoms with Crippen molar-refractivity contribution in [2.75, 3.05) is 13.2 Å². The van der Waals surface area contributed by atoms with Crippen LogP contribution in [-0.4, -0.2) is 24.8 Å². The summed E-state index contributed by atoms with van der Waals surface area (Å²) in [6, 6.07) is 17.5. The van der Waals surface area contributed by atoms with Gasteiger partial charge < -0.3 is 14.2 Å². The van der Waals surface area contributed by atoms with E-state index in [1.54, 1.807) is 6.92 Å². The number of carbonyl (C=O) groups excluding carboxylic acids is 1. The van der Waals surface area contributed by atoms with E-state index in [-0.39, 0.29) is 12.6 Å². The molecule has 0 bridgehead atoms. The lowest BCUT2D eigenvalue weighted by Crippen LogP contribution is -2.49. The number of ether oxygens (including phenoxy) is 3. The third kappa shape index (κ3) is 3.37. The van der Waals surface area contributed by atoms with Crippen molar-refractivity contribution >= 4 is 5.97 Å². The fraction of sp³-hybridized carbons (Fsp3) is 0.316. The topological polar surface area (TPSA) is 44.8 Å². The maximum absolute atomic E-state index is 12.5. The van der Waals surface area contributed by atoms with Crippen molar-refractivity contribution < 1.29 is 19.0 Å². The monoisotopic (exact) mass is 312 g/mol. The summed E-state index contributed by atoms with van der Waals surface area (Å²) in [5.41, 5.74) is 0.972. The van der Waals surface area contributed by atoms with Crippen LogP contribution >= 0.6 is 0 Å². The van der Waals surface area contributed by atoms with Gasteiger partial charge >= 0.3 is 5.97 Å². The standard InChI is InChI=1S/C19H20O4/c1-2-22-18(20)19(12-16-10-6-7-11-17(16)23-19)14-21-13-15-8-4-3-5-9-15/h3-11H,2,12-14H2,1H3. The van der Waals surface area contributed by atoms with Crippen molar-refractivity contribution in [3.8, 4) is 5.75 Å². The Balaban J connectivity index is 1.71. The third-order valence-corrected chi connectivity index (χ3v) is 3.85. The molecule has 0 aromatic heterocycles. The molecule has 1 aliphatic heterocycles. The van der Waals surface area contributed by atoms with Gasteiger partial charge in [-0.05, 0) is 24.1 Å². The number of hydrogen-bond acceptors (Lipinski definition) is 4. The molecule has 4 heteroatoms. The molecule has 0 fully saturated rings. The van der Waals surface area contributed by atoms with Gasteiger partial charge in [0.25, 0.3) is 0 Å². The third-order valence-electron chi connectivity index (χ3n) is 3.85. The second-order valence-electron chi connectivity index (χ2n) is 5.58. The molecule has 0 spiro atoms. The second-order valence-corrected chi connectivity index (χ2v) is 5.58. The predicted molar refractivity (Wildman–Crippen MR) is 86.2 cm³/mol. The van der Waals surface area contributed by atoms with E-state index in [0.29, 0.717) is 19.6 Å². The fourth-order valence-corrected chi connectivity index (χ4v) is 2.73. The Labute approximate surface area is 136 Å². The van der Waals surface area contributed by atoms with E-state index in [1.807, 2.05) is 54.6 Å². The number of benzene rings is 2. The molecule has 23 heavy (non-hydrogen) atoms. The van der Waals surface area contributed by atoms with Crippen LogP contribution in [0.2, 0.25) is 0 Å². The van der Waals surface area contributed by atoms with E-state index in [0.717, 1.165) is 16.9 Å². The number of esters is 1. The second kappa shape index (κ2) is 6.84. The maximum atomic E-state index is 12.5. The molecule has 0 amide bonds. The molecule has 3 rings (SSSR count). The van der Waals surface area contributed by atoms with Gasteiger partial charge in [0.05, 0.1) is 19.8 Å². The van der Waals surface area contributed by atoms with Crippen LogP contribution in [0.1, 0.15) is 18.1 Å². The number of rotatable bonds is 6. The highest BCUT2D eigenvalue weighted by Crippen LogP contribution is 2.36. The average molecular weight is 312 g/mol. The summed E-state index contributed by atoms with van der Waals surface area (Å²) in [6.45, 7) is 2.70. The molecule has 2 aromatic rings. The summed E-state index contributed by atoms with van der Waals surface area (Å²) >= 11 is 0. The van der Waals surface area contributed by atoms with E-state index in [4.69, 9.17) is 14.2 Å². The lowest BCUT2D eigenvalue weighted by Gasteiger charge is -2.26. The highest BCUT2D eigenvalue weighted by atomic mass is 16.6. The van der Waals surface area contributed by atoms with Gasteiger partial charge in [0.2, 0.25) is 5.60 Å². The van der Waals surface area contributed by atoms with Crippen LogP contribution in [0.3, 0.4) is 0 Å². The molecule has 1 heterocycles. The Bertz CT molecular complexity index is 641. The van der Waals surface area contributed by atoms with Crippen LogP contribution in [0.15, 0.2) is 54.6 Å². The van der Waals surface area contributed by atoms with Crippen LogP contribution in [-0.2, 0) is 27.3 Å². The molecular formula is C19H20O4. The first-order valence-electron chi connectivity index (χ1n) is 7.79. The summed E-state index contributed by atoms with van der Waals surface area (Å²) in [7, 11) is 0. The molecule has 0 saturated carbocycles. The van der Waals surface area contributed by atoms with Gasteiger partial charge in [0.15, 0.2) is 0 Å². The first-order chi connectivity index (χ1) is 11.2. The van der Waals surface area contributed by atoms with Crippen LogP contribution in [0.25, 0.3) is 0 Å². The van der Waals surface area contributed by atoms with Crippen molar-refractivity contribution in [3.63, 3.8) is 0 Å². The minimum absolute atomic E-state index is 0.162. The molecule has 1 atom stereocenters. The Morgan fingerprint density at radius 1 is 1.13 bits per heavy atom. The van der Waals surface area contributed by atoms with Gasteiger partial charge in [0, 0.05) is 6.42 Å². The highest BCUT2D eigenvalue weighted by Gasteiger charge is 2.48. The van der Waals surface area contributed by atoms with Crippen LogP contribution in [0, 0.1) is 0 Å². The zero-order valence-corrected chi connectivity index (χ0v) is 13.2.